The molecule has 1 aromatic heterocycles. The molecule has 8 heteroatoms. The monoisotopic (exact) mass is 666 g/mol. The van der Waals surface area contributed by atoms with Gasteiger partial charge in [-0.25, -0.2) is 4.79 Å². The Labute approximate surface area is 290 Å². The van der Waals surface area contributed by atoms with Gasteiger partial charge in [0.15, 0.2) is 0 Å². The van der Waals surface area contributed by atoms with E-state index in [0.717, 1.165) is 45.3 Å². The summed E-state index contributed by atoms with van der Waals surface area (Å²) in [5.41, 5.74) is 8.53. The zero-order valence-corrected chi connectivity index (χ0v) is 29.8. The average Bonchev–Trinajstić information content (AvgIpc) is 3.31. The lowest BCUT2D eigenvalue weighted by Gasteiger charge is -2.22. The van der Waals surface area contributed by atoms with Gasteiger partial charge in [0.05, 0.1) is 20.1 Å². The number of aromatic nitrogens is 1. The van der Waals surface area contributed by atoms with E-state index in [4.69, 9.17) is 14.6 Å². The first-order chi connectivity index (χ1) is 23.4. The van der Waals surface area contributed by atoms with E-state index >= 15 is 0 Å². The number of nitrogens with zero attached hydrogens (tertiary/aromatic N) is 1. The van der Waals surface area contributed by atoms with E-state index in [0.29, 0.717) is 11.5 Å². The number of ether oxygens (including phenoxy) is 2. The molecule has 49 heavy (non-hydrogen) atoms. The summed E-state index contributed by atoms with van der Waals surface area (Å²) in [6, 6.07) is 11.9. The second kappa shape index (κ2) is 19.0. The SMILES string of the molecule is COc1ccc2c(c1)c(CC(=O)NCCOC(=O)\C=C(C)/C=C/C=C(C)/C=C/C1=C(C)CCCC1C)c(C)n2C.O=Cc1ccc(O)cc1. The standard InChI is InChI=1S/C34H44N2O4.C7H6O2/c1-23(14-16-29-25(3)12-9-13-26(29)4)10-8-11-24(2)20-34(38)40-19-18-35-33(37)22-30-27(5)36(6)32-17-15-28(39-7)21-31(30)32;8-5-6-1-3-7(9)4-2-6/h8,10-11,14-17,20-21,25H,9,12-13,18-19,22H2,1-7H3,(H,35,37);1-5,9H/b11-8+,16-14+,23-10+,24-20-;. The number of allylic oxidation sites excluding steroid dienone is 9. The minimum absolute atomic E-state index is 0.109. The number of esters is 1. The van der Waals surface area contributed by atoms with Crippen LogP contribution in [0, 0.1) is 12.8 Å². The fourth-order valence-corrected chi connectivity index (χ4v) is 5.70. The van der Waals surface area contributed by atoms with Crippen LogP contribution in [-0.2, 0) is 27.8 Å². The van der Waals surface area contributed by atoms with Gasteiger partial charge >= 0.3 is 5.97 Å². The molecule has 3 aromatic rings. The molecular formula is C41H50N2O6. The minimum atomic E-state index is -0.428. The number of nitrogens with one attached hydrogen (secondary N) is 1. The molecule has 1 amide bonds. The highest BCUT2D eigenvalue weighted by molar-refractivity contribution is 5.91. The summed E-state index contributed by atoms with van der Waals surface area (Å²) < 4.78 is 12.7. The highest BCUT2D eigenvalue weighted by Gasteiger charge is 2.16. The second-order valence-corrected chi connectivity index (χ2v) is 12.4. The van der Waals surface area contributed by atoms with Crippen molar-refractivity contribution in [3.8, 4) is 11.5 Å². The van der Waals surface area contributed by atoms with E-state index in [9.17, 15) is 14.4 Å². The van der Waals surface area contributed by atoms with Gasteiger partial charge in [-0.3, -0.25) is 9.59 Å². The molecule has 1 heterocycles. The first kappa shape index (κ1) is 38.3. The first-order valence-corrected chi connectivity index (χ1v) is 16.6. The van der Waals surface area contributed by atoms with Crippen molar-refractivity contribution in [2.24, 2.45) is 13.0 Å². The van der Waals surface area contributed by atoms with Crippen molar-refractivity contribution in [1.29, 1.82) is 0 Å². The normalized spacial score (nSPS) is 15.4. The smallest absolute Gasteiger partial charge is 0.331 e. The third kappa shape index (κ3) is 11.8. The topological polar surface area (TPSA) is 107 Å². The maximum Gasteiger partial charge on any atom is 0.331 e. The molecule has 260 valence electrons. The van der Waals surface area contributed by atoms with Gasteiger partial charge in [0.1, 0.15) is 24.4 Å². The van der Waals surface area contributed by atoms with Gasteiger partial charge in [0.2, 0.25) is 5.91 Å². The number of aryl methyl sites for hydroxylation is 1. The van der Waals surface area contributed by atoms with Crippen molar-refractivity contribution < 1.29 is 29.0 Å². The van der Waals surface area contributed by atoms with E-state index in [1.807, 2.05) is 57.3 Å². The molecule has 0 aliphatic heterocycles. The lowest BCUT2D eigenvalue weighted by molar-refractivity contribution is -0.138. The predicted octanol–water partition coefficient (Wildman–Crippen LogP) is 8.04. The number of aromatic hydroxyl groups is 1. The summed E-state index contributed by atoms with van der Waals surface area (Å²) >= 11 is 0. The van der Waals surface area contributed by atoms with Crippen molar-refractivity contribution in [2.45, 2.75) is 60.3 Å². The van der Waals surface area contributed by atoms with Crippen LogP contribution >= 0.6 is 0 Å². The third-order valence-electron chi connectivity index (χ3n) is 8.67. The van der Waals surface area contributed by atoms with Crippen LogP contribution in [0.5, 0.6) is 11.5 Å². The molecule has 4 rings (SSSR count). The predicted molar refractivity (Wildman–Crippen MR) is 197 cm³/mol. The van der Waals surface area contributed by atoms with Crippen molar-refractivity contribution in [3.63, 3.8) is 0 Å². The lowest BCUT2D eigenvalue weighted by Crippen LogP contribution is -2.29. The quantitative estimate of drug-likeness (QED) is 0.0666. The molecule has 0 spiro atoms. The summed E-state index contributed by atoms with van der Waals surface area (Å²) in [6.45, 7) is 10.8. The molecule has 1 atom stereocenters. The van der Waals surface area contributed by atoms with Crippen molar-refractivity contribution in [3.05, 3.63) is 118 Å². The highest BCUT2D eigenvalue weighted by atomic mass is 16.5. The number of phenolic OH excluding ortho intramolecular Hbond substituents is 1. The zero-order chi connectivity index (χ0) is 35.9. The summed E-state index contributed by atoms with van der Waals surface area (Å²) in [5, 5.41) is 12.6. The number of aldehydes is 1. The summed E-state index contributed by atoms with van der Waals surface area (Å²) in [5.74, 6) is 1.01. The molecule has 0 saturated heterocycles. The van der Waals surface area contributed by atoms with Gasteiger partial charge in [-0.2, -0.15) is 0 Å². The molecule has 1 aliphatic rings. The number of hydrogen-bond acceptors (Lipinski definition) is 6. The van der Waals surface area contributed by atoms with E-state index < -0.39 is 5.97 Å². The Hall–Kier alpha value is -5.11. The molecule has 0 bridgehead atoms. The van der Waals surface area contributed by atoms with Gasteiger partial charge in [-0.1, -0.05) is 48.5 Å². The van der Waals surface area contributed by atoms with Crippen LogP contribution in [0.1, 0.15) is 68.6 Å². The number of rotatable bonds is 12. The van der Waals surface area contributed by atoms with Crippen molar-refractivity contribution >= 4 is 29.1 Å². The Balaban J connectivity index is 0.000000624. The van der Waals surface area contributed by atoms with Crippen LogP contribution in [-0.4, -0.2) is 48.1 Å². The maximum absolute atomic E-state index is 12.6. The van der Waals surface area contributed by atoms with Crippen LogP contribution < -0.4 is 10.1 Å². The summed E-state index contributed by atoms with van der Waals surface area (Å²) in [4.78, 5) is 34.8. The first-order valence-electron chi connectivity index (χ1n) is 16.6. The molecule has 8 nitrogen and oxygen atoms in total. The van der Waals surface area contributed by atoms with Crippen LogP contribution in [0.2, 0.25) is 0 Å². The summed E-state index contributed by atoms with van der Waals surface area (Å²) in [7, 11) is 3.62. The number of carbonyl (C=O) groups excluding carboxylic acids is 3. The zero-order valence-electron chi connectivity index (χ0n) is 29.8. The van der Waals surface area contributed by atoms with Gasteiger partial charge in [0.25, 0.3) is 0 Å². The molecule has 2 aromatic carbocycles. The second-order valence-electron chi connectivity index (χ2n) is 12.4. The molecular weight excluding hydrogens is 616 g/mol. The highest BCUT2D eigenvalue weighted by Crippen LogP contribution is 2.31. The number of carbonyl (C=O) groups is 3. The minimum Gasteiger partial charge on any atom is -0.508 e. The lowest BCUT2D eigenvalue weighted by atomic mass is 9.84. The number of fused-ring (bicyclic) bond motifs is 1. The Kier molecular flexibility index (Phi) is 14.9. The van der Waals surface area contributed by atoms with Gasteiger partial charge < -0.3 is 24.5 Å². The Morgan fingerprint density at radius 1 is 1.06 bits per heavy atom. The molecule has 1 unspecified atom stereocenters. The van der Waals surface area contributed by atoms with E-state index in [-0.39, 0.29) is 31.2 Å². The maximum atomic E-state index is 12.6. The van der Waals surface area contributed by atoms with E-state index in [1.165, 1.54) is 48.6 Å². The van der Waals surface area contributed by atoms with Crippen LogP contribution in [0.3, 0.4) is 0 Å². The number of methoxy groups -OCH3 is 1. The third-order valence-corrected chi connectivity index (χ3v) is 8.67. The summed E-state index contributed by atoms with van der Waals surface area (Å²) in [6.07, 6.45) is 16.4. The molecule has 0 fully saturated rings. The largest absolute Gasteiger partial charge is 0.508 e. The molecule has 0 radical (unpaired) electrons. The fourth-order valence-electron chi connectivity index (χ4n) is 5.70. The Bertz CT molecular complexity index is 1770. The van der Waals surface area contributed by atoms with Gasteiger partial charge in [-0.15, -0.1) is 0 Å². The molecule has 1 aliphatic carbocycles. The van der Waals surface area contributed by atoms with Gasteiger partial charge in [-0.05, 0) is 112 Å². The van der Waals surface area contributed by atoms with Gasteiger partial charge in [0, 0.05) is 35.3 Å². The van der Waals surface area contributed by atoms with Crippen LogP contribution in [0.25, 0.3) is 10.9 Å². The van der Waals surface area contributed by atoms with Crippen molar-refractivity contribution in [1.82, 2.24) is 9.88 Å². The van der Waals surface area contributed by atoms with E-state index in [2.05, 4.69) is 42.8 Å². The molecule has 2 N–H and O–H groups in total. The number of benzene rings is 2. The molecule has 0 saturated carbocycles. The van der Waals surface area contributed by atoms with Crippen molar-refractivity contribution in [2.75, 3.05) is 20.3 Å². The van der Waals surface area contributed by atoms with E-state index in [1.54, 1.807) is 19.2 Å². The fraction of sp³-hybridized carbons (Fsp3) is 0.341. The Morgan fingerprint density at radius 2 is 1.80 bits per heavy atom. The van der Waals surface area contributed by atoms with Crippen LogP contribution in [0.15, 0.2) is 101 Å². The van der Waals surface area contributed by atoms with Crippen LogP contribution in [0.4, 0.5) is 0 Å². The Morgan fingerprint density at radius 3 is 2.47 bits per heavy atom. The number of amides is 1. The number of hydrogen-bond donors (Lipinski definition) is 2. The number of phenols is 1. The average molecular weight is 667 g/mol.